The van der Waals surface area contributed by atoms with Crippen LogP contribution in [0.15, 0.2) is 12.1 Å². The number of fused-ring (bicyclic) bond motifs is 1. The zero-order chi connectivity index (χ0) is 14.9. The first-order chi connectivity index (χ1) is 9.47. The zero-order valence-electron chi connectivity index (χ0n) is 11.9. The van der Waals surface area contributed by atoms with Crippen LogP contribution >= 0.6 is 23.8 Å². The molecule has 1 unspecified atom stereocenters. The van der Waals surface area contributed by atoms with Gasteiger partial charge < -0.3 is 14.5 Å². The van der Waals surface area contributed by atoms with Gasteiger partial charge in [0, 0.05) is 18.7 Å². The second kappa shape index (κ2) is 6.24. The Labute approximate surface area is 128 Å². The van der Waals surface area contributed by atoms with Gasteiger partial charge in [0.25, 0.3) is 0 Å². The second-order valence-corrected chi connectivity index (χ2v) is 5.71. The van der Waals surface area contributed by atoms with Crippen LogP contribution in [-0.4, -0.2) is 34.1 Å². The number of hydrogen-bond donors (Lipinski definition) is 1. The first-order valence-electron chi connectivity index (χ1n) is 6.79. The Morgan fingerprint density at radius 3 is 2.65 bits per heavy atom. The van der Waals surface area contributed by atoms with Crippen LogP contribution in [0.3, 0.4) is 0 Å². The normalized spacial score (nSPS) is 13.3. The van der Waals surface area contributed by atoms with E-state index in [0.29, 0.717) is 4.77 Å². The molecule has 110 valence electrons. The molecule has 0 aliphatic heterocycles. The standard InChI is InChI=1S/C14H19ClFN3S/c1-4-18(5-2)8-9(3)19-13-7-11(16)10(15)6-12(13)17-14(19)20/h6-7,9H,4-5,8H2,1-3H3,(H,17,20). The summed E-state index contributed by atoms with van der Waals surface area (Å²) in [7, 11) is 0. The molecule has 2 aromatic rings. The van der Waals surface area contributed by atoms with Gasteiger partial charge in [0.2, 0.25) is 0 Å². The number of hydrogen-bond acceptors (Lipinski definition) is 2. The van der Waals surface area contributed by atoms with Gasteiger partial charge in [-0.3, -0.25) is 0 Å². The molecule has 1 aromatic heterocycles. The van der Waals surface area contributed by atoms with Crippen molar-refractivity contribution in [1.82, 2.24) is 14.5 Å². The molecule has 0 bridgehead atoms. The number of nitrogens with one attached hydrogen (secondary N) is 1. The van der Waals surface area contributed by atoms with Gasteiger partial charge in [0.1, 0.15) is 5.82 Å². The van der Waals surface area contributed by atoms with Crippen molar-refractivity contribution in [2.75, 3.05) is 19.6 Å². The van der Waals surface area contributed by atoms with Crippen molar-refractivity contribution >= 4 is 34.9 Å². The van der Waals surface area contributed by atoms with Crippen molar-refractivity contribution in [1.29, 1.82) is 0 Å². The van der Waals surface area contributed by atoms with Crippen LogP contribution in [0.25, 0.3) is 11.0 Å². The van der Waals surface area contributed by atoms with E-state index in [2.05, 4.69) is 30.7 Å². The van der Waals surface area contributed by atoms with Crippen molar-refractivity contribution < 1.29 is 4.39 Å². The molecule has 0 spiro atoms. The van der Waals surface area contributed by atoms with Crippen LogP contribution in [0.4, 0.5) is 4.39 Å². The van der Waals surface area contributed by atoms with Crippen molar-refractivity contribution in [2.24, 2.45) is 0 Å². The van der Waals surface area contributed by atoms with Crippen molar-refractivity contribution in [3.63, 3.8) is 0 Å². The van der Waals surface area contributed by atoms with Gasteiger partial charge in [-0.25, -0.2) is 4.39 Å². The van der Waals surface area contributed by atoms with Crippen LogP contribution in [-0.2, 0) is 0 Å². The summed E-state index contributed by atoms with van der Waals surface area (Å²) >= 11 is 11.2. The van der Waals surface area contributed by atoms with Gasteiger partial charge in [-0.2, -0.15) is 0 Å². The maximum absolute atomic E-state index is 13.7. The van der Waals surface area contributed by atoms with E-state index in [1.165, 1.54) is 6.07 Å². The molecule has 3 nitrogen and oxygen atoms in total. The SMILES string of the molecule is CCN(CC)CC(C)n1c(=S)[nH]c2cc(Cl)c(F)cc21. The molecule has 1 atom stereocenters. The maximum Gasteiger partial charge on any atom is 0.178 e. The van der Waals surface area contributed by atoms with Gasteiger partial charge >= 0.3 is 0 Å². The van der Waals surface area contributed by atoms with Crippen LogP contribution in [0.2, 0.25) is 5.02 Å². The van der Waals surface area contributed by atoms with E-state index in [1.807, 2.05) is 4.57 Å². The number of aromatic amines is 1. The molecule has 0 amide bonds. The Morgan fingerprint density at radius 1 is 1.40 bits per heavy atom. The third kappa shape index (κ3) is 2.90. The highest BCUT2D eigenvalue weighted by molar-refractivity contribution is 7.71. The largest absolute Gasteiger partial charge is 0.331 e. The molecule has 0 aliphatic rings. The van der Waals surface area contributed by atoms with E-state index in [4.69, 9.17) is 23.8 Å². The molecule has 1 N–H and O–H groups in total. The highest BCUT2D eigenvalue weighted by atomic mass is 35.5. The average Bonchev–Trinajstić information content (AvgIpc) is 2.71. The summed E-state index contributed by atoms with van der Waals surface area (Å²) in [6.45, 7) is 9.19. The Hall–Kier alpha value is -0.910. The molecule has 0 radical (unpaired) electrons. The van der Waals surface area contributed by atoms with Crippen molar-refractivity contribution in [3.8, 4) is 0 Å². The van der Waals surface area contributed by atoms with Gasteiger partial charge in [-0.15, -0.1) is 0 Å². The molecule has 0 saturated carbocycles. The van der Waals surface area contributed by atoms with Crippen LogP contribution < -0.4 is 0 Å². The van der Waals surface area contributed by atoms with E-state index in [-0.39, 0.29) is 11.1 Å². The van der Waals surface area contributed by atoms with E-state index in [0.717, 1.165) is 30.7 Å². The highest BCUT2D eigenvalue weighted by Gasteiger charge is 2.15. The summed E-state index contributed by atoms with van der Waals surface area (Å²) in [5.41, 5.74) is 1.53. The van der Waals surface area contributed by atoms with E-state index >= 15 is 0 Å². The molecular formula is C14H19ClFN3S. The molecule has 0 saturated heterocycles. The summed E-state index contributed by atoms with van der Waals surface area (Å²) in [5, 5.41) is 0.109. The summed E-state index contributed by atoms with van der Waals surface area (Å²) in [6.07, 6.45) is 0. The van der Waals surface area contributed by atoms with Crippen LogP contribution in [0, 0.1) is 10.6 Å². The van der Waals surface area contributed by atoms with Crippen LogP contribution in [0.1, 0.15) is 26.8 Å². The number of halogens is 2. The first kappa shape index (κ1) is 15.5. The molecule has 1 heterocycles. The smallest absolute Gasteiger partial charge is 0.178 e. The predicted octanol–water partition coefficient (Wildman–Crippen LogP) is 4.39. The summed E-state index contributed by atoms with van der Waals surface area (Å²) in [6, 6.07) is 3.20. The van der Waals surface area contributed by atoms with Crippen molar-refractivity contribution in [3.05, 3.63) is 27.7 Å². The lowest BCUT2D eigenvalue weighted by molar-refractivity contribution is 0.262. The molecular weight excluding hydrogens is 297 g/mol. The summed E-state index contributed by atoms with van der Waals surface area (Å²) < 4.78 is 16.3. The minimum atomic E-state index is -0.419. The Morgan fingerprint density at radius 2 is 2.05 bits per heavy atom. The van der Waals surface area contributed by atoms with E-state index < -0.39 is 5.82 Å². The zero-order valence-corrected chi connectivity index (χ0v) is 13.5. The number of likely N-dealkylation sites (N-methyl/N-ethyl adjacent to an activating group) is 1. The lowest BCUT2D eigenvalue weighted by Crippen LogP contribution is -2.29. The maximum atomic E-state index is 13.7. The molecule has 0 fully saturated rings. The lowest BCUT2D eigenvalue weighted by atomic mass is 10.2. The molecule has 2 rings (SSSR count). The Kier molecular flexibility index (Phi) is 4.83. The third-order valence-electron chi connectivity index (χ3n) is 3.62. The molecule has 0 aliphatic carbocycles. The van der Waals surface area contributed by atoms with Gasteiger partial charge in [-0.1, -0.05) is 25.4 Å². The lowest BCUT2D eigenvalue weighted by Gasteiger charge is -2.24. The number of H-pyrrole nitrogens is 1. The van der Waals surface area contributed by atoms with Crippen LogP contribution in [0.5, 0.6) is 0 Å². The predicted molar refractivity (Wildman–Crippen MR) is 84.6 cm³/mol. The first-order valence-corrected chi connectivity index (χ1v) is 7.58. The third-order valence-corrected chi connectivity index (χ3v) is 4.20. The average molecular weight is 316 g/mol. The minimum absolute atomic E-state index is 0.109. The monoisotopic (exact) mass is 315 g/mol. The number of nitrogens with zero attached hydrogens (tertiary/aromatic N) is 2. The number of benzene rings is 1. The Balaban J connectivity index is 2.45. The topological polar surface area (TPSA) is 24.0 Å². The molecule has 6 heteroatoms. The second-order valence-electron chi connectivity index (χ2n) is 4.92. The molecule has 1 aromatic carbocycles. The fraction of sp³-hybridized carbons (Fsp3) is 0.500. The van der Waals surface area contributed by atoms with E-state index in [9.17, 15) is 4.39 Å². The van der Waals surface area contributed by atoms with Gasteiger partial charge in [0.05, 0.1) is 16.1 Å². The fourth-order valence-corrected chi connectivity index (χ4v) is 3.05. The van der Waals surface area contributed by atoms with Crippen molar-refractivity contribution in [2.45, 2.75) is 26.8 Å². The number of rotatable bonds is 5. The highest BCUT2D eigenvalue weighted by Crippen LogP contribution is 2.25. The molecule has 20 heavy (non-hydrogen) atoms. The Bertz CT molecular complexity index is 660. The summed E-state index contributed by atoms with van der Waals surface area (Å²) in [5.74, 6) is -0.419. The minimum Gasteiger partial charge on any atom is -0.331 e. The number of aromatic nitrogens is 2. The van der Waals surface area contributed by atoms with Gasteiger partial charge in [-0.05, 0) is 38.3 Å². The fourth-order valence-electron chi connectivity index (χ4n) is 2.50. The van der Waals surface area contributed by atoms with E-state index in [1.54, 1.807) is 6.07 Å². The number of imidazole rings is 1. The van der Waals surface area contributed by atoms with Gasteiger partial charge in [0.15, 0.2) is 4.77 Å². The summed E-state index contributed by atoms with van der Waals surface area (Å²) in [4.78, 5) is 5.41. The quantitative estimate of drug-likeness (QED) is 0.827.